The molecular weight excluding hydrogens is 302 g/mol. The van der Waals surface area contributed by atoms with Crippen LogP contribution in [0.15, 0.2) is 42.6 Å². The number of nitrogens with two attached hydrogens (primary N) is 1. The molecule has 1 atom stereocenters. The van der Waals surface area contributed by atoms with Gasteiger partial charge in [-0.15, -0.1) is 0 Å². The molecule has 126 valence electrons. The lowest BCUT2D eigenvalue weighted by Crippen LogP contribution is -2.32. The van der Waals surface area contributed by atoms with Gasteiger partial charge in [0.05, 0.1) is 5.56 Å². The van der Waals surface area contributed by atoms with Crippen molar-refractivity contribution in [3.8, 4) is 11.6 Å². The van der Waals surface area contributed by atoms with Gasteiger partial charge in [0.2, 0.25) is 11.8 Å². The van der Waals surface area contributed by atoms with Gasteiger partial charge in [-0.05, 0) is 57.0 Å². The number of nitrogens with zero attached hydrogens (tertiary/aromatic N) is 2. The Labute approximate surface area is 142 Å². The molecule has 1 amide bonds. The summed E-state index contributed by atoms with van der Waals surface area (Å²) in [6, 6.07) is 12.6. The monoisotopic (exact) mass is 325 g/mol. The second kappa shape index (κ2) is 7.01. The van der Waals surface area contributed by atoms with E-state index in [-0.39, 0.29) is 0 Å². The van der Waals surface area contributed by atoms with Gasteiger partial charge in [-0.1, -0.05) is 12.1 Å². The number of rotatable bonds is 7. The number of aromatic nitrogens is 1. The molecule has 1 fully saturated rings. The lowest BCUT2D eigenvalue weighted by Gasteiger charge is -2.24. The number of likely N-dealkylation sites (N-methyl/N-ethyl adjacent to an activating group) is 1. The average Bonchev–Trinajstić information content (AvgIpc) is 3.41. The highest BCUT2D eigenvalue weighted by molar-refractivity contribution is 5.92. The normalized spacial score (nSPS) is 15.3. The maximum atomic E-state index is 11.0. The first-order valence-corrected chi connectivity index (χ1v) is 8.27. The van der Waals surface area contributed by atoms with Crippen molar-refractivity contribution >= 4 is 5.91 Å². The molecule has 2 N–H and O–H groups in total. The molecule has 0 aliphatic heterocycles. The van der Waals surface area contributed by atoms with Gasteiger partial charge < -0.3 is 15.4 Å². The molecule has 1 aliphatic carbocycles. The zero-order valence-corrected chi connectivity index (χ0v) is 14.1. The summed E-state index contributed by atoms with van der Waals surface area (Å²) in [6.07, 6.45) is 5.10. The number of amides is 1. The minimum absolute atomic E-state index is 0.367. The van der Waals surface area contributed by atoms with E-state index in [1.807, 2.05) is 12.1 Å². The Balaban J connectivity index is 1.58. The van der Waals surface area contributed by atoms with Gasteiger partial charge in [-0.25, -0.2) is 4.98 Å². The van der Waals surface area contributed by atoms with Crippen LogP contribution in [0.3, 0.4) is 0 Å². The minimum atomic E-state index is -0.497. The predicted octanol–water partition coefficient (Wildman–Crippen LogP) is 3.00. The Hall–Kier alpha value is -2.40. The standard InChI is InChI=1S/C19H23N3O2/c1-13(22(2)16-6-7-16)11-14-3-8-17(9-4-14)24-18-10-5-15(12-21-18)19(20)23/h3-5,8-10,12-13,16H,6-7,11H2,1-2H3,(H2,20,23). The predicted molar refractivity (Wildman–Crippen MR) is 93.2 cm³/mol. The van der Waals surface area contributed by atoms with Crippen molar-refractivity contribution in [2.45, 2.75) is 38.3 Å². The fourth-order valence-electron chi connectivity index (χ4n) is 2.73. The highest BCUT2D eigenvalue weighted by Crippen LogP contribution is 2.28. The van der Waals surface area contributed by atoms with Gasteiger partial charge >= 0.3 is 0 Å². The molecule has 1 heterocycles. The molecule has 0 saturated heterocycles. The molecule has 2 aromatic rings. The third-order valence-electron chi connectivity index (χ3n) is 4.52. The molecule has 1 unspecified atom stereocenters. The van der Waals surface area contributed by atoms with Crippen LogP contribution in [0.4, 0.5) is 0 Å². The smallest absolute Gasteiger partial charge is 0.250 e. The maximum Gasteiger partial charge on any atom is 0.250 e. The van der Waals surface area contributed by atoms with E-state index in [0.717, 1.165) is 18.2 Å². The Bertz CT molecular complexity index is 694. The van der Waals surface area contributed by atoms with Crippen LogP contribution in [-0.4, -0.2) is 34.9 Å². The van der Waals surface area contributed by atoms with Gasteiger partial charge in [-0.2, -0.15) is 0 Å². The number of ether oxygens (including phenoxy) is 1. The highest BCUT2D eigenvalue weighted by atomic mass is 16.5. The molecule has 24 heavy (non-hydrogen) atoms. The molecule has 1 aromatic carbocycles. The van der Waals surface area contributed by atoms with Gasteiger partial charge in [0.15, 0.2) is 0 Å². The van der Waals surface area contributed by atoms with E-state index in [2.05, 4.69) is 36.0 Å². The molecule has 0 spiro atoms. The average molecular weight is 325 g/mol. The lowest BCUT2D eigenvalue weighted by molar-refractivity contribution is 0.1000. The van der Waals surface area contributed by atoms with E-state index >= 15 is 0 Å². The molecule has 1 aromatic heterocycles. The van der Waals surface area contributed by atoms with E-state index in [9.17, 15) is 4.79 Å². The zero-order chi connectivity index (χ0) is 17.1. The minimum Gasteiger partial charge on any atom is -0.439 e. The largest absolute Gasteiger partial charge is 0.439 e. The highest BCUT2D eigenvalue weighted by Gasteiger charge is 2.28. The molecule has 0 bridgehead atoms. The summed E-state index contributed by atoms with van der Waals surface area (Å²) in [5.41, 5.74) is 6.85. The molecule has 3 rings (SSSR count). The number of carbonyl (C=O) groups is 1. The number of primary amides is 1. The van der Waals surface area contributed by atoms with Gasteiger partial charge in [-0.3, -0.25) is 4.79 Å². The fraction of sp³-hybridized carbons (Fsp3) is 0.368. The van der Waals surface area contributed by atoms with Crippen LogP contribution in [0.5, 0.6) is 11.6 Å². The van der Waals surface area contributed by atoms with Crippen LogP contribution in [0.2, 0.25) is 0 Å². The summed E-state index contributed by atoms with van der Waals surface area (Å²) in [5.74, 6) is 0.666. The first-order valence-electron chi connectivity index (χ1n) is 8.27. The van der Waals surface area contributed by atoms with E-state index in [0.29, 0.717) is 17.5 Å². The summed E-state index contributed by atoms with van der Waals surface area (Å²) in [5, 5.41) is 0. The summed E-state index contributed by atoms with van der Waals surface area (Å²) in [4.78, 5) is 17.6. The number of carbonyl (C=O) groups excluding carboxylic acids is 1. The number of benzene rings is 1. The third-order valence-corrected chi connectivity index (χ3v) is 4.52. The molecule has 5 nitrogen and oxygen atoms in total. The summed E-state index contributed by atoms with van der Waals surface area (Å²) >= 11 is 0. The molecule has 1 saturated carbocycles. The van der Waals surface area contributed by atoms with Crippen molar-refractivity contribution in [1.29, 1.82) is 0 Å². The summed E-state index contributed by atoms with van der Waals surface area (Å²) in [6.45, 7) is 2.27. The third kappa shape index (κ3) is 4.11. The van der Waals surface area contributed by atoms with E-state index < -0.39 is 5.91 Å². The topological polar surface area (TPSA) is 68.5 Å². The van der Waals surface area contributed by atoms with Crippen molar-refractivity contribution < 1.29 is 9.53 Å². The van der Waals surface area contributed by atoms with Crippen LogP contribution in [0.25, 0.3) is 0 Å². The van der Waals surface area contributed by atoms with Crippen molar-refractivity contribution in [2.24, 2.45) is 5.73 Å². The quantitative estimate of drug-likeness (QED) is 0.849. The molecule has 0 radical (unpaired) electrons. The van der Waals surface area contributed by atoms with Crippen LogP contribution in [0.1, 0.15) is 35.7 Å². The van der Waals surface area contributed by atoms with Crippen molar-refractivity contribution in [1.82, 2.24) is 9.88 Å². The number of hydrogen-bond donors (Lipinski definition) is 1. The Morgan fingerprint density at radius 1 is 1.29 bits per heavy atom. The maximum absolute atomic E-state index is 11.0. The van der Waals surface area contributed by atoms with Crippen molar-refractivity contribution in [3.63, 3.8) is 0 Å². The fourth-order valence-corrected chi connectivity index (χ4v) is 2.73. The van der Waals surface area contributed by atoms with Crippen LogP contribution in [0, 0.1) is 0 Å². The number of pyridine rings is 1. The van der Waals surface area contributed by atoms with Crippen LogP contribution < -0.4 is 10.5 Å². The molecule has 5 heteroatoms. The van der Waals surface area contributed by atoms with Crippen LogP contribution in [-0.2, 0) is 6.42 Å². The summed E-state index contributed by atoms with van der Waals surface area (Å²) in [7, 11) is 2.21. The van der Waals surface area contributed by atoms with Gasteiger partial charge in [0.1, 0.15) is 5.75 Å². The molecule has 1 aliphatic rings. The second-order valence-corrected chi connectivity index (χ2v) is 6.45. The van der Waals surface area contributed by atoms with Crippen molar-refractivity contribution in [2.75, 3.05) is 7.05 Å². The lowest BCUT2D eigenvalue weighted by atomic mass is 10.1. The van der Waals surface area contributed by atoms with Gasteiger partial charge in [0, 0.05) is 24.3 Å². The molecular formula is C19H23N3O2. The SMILES string of the molecule is CC(Cc1ccc(Oc2ccc(C(N)=O)cn2)cc1)N(C)C1CC1. The van der Waals surface area contributed by atoms with E-state index in [4.69, 9.17) is 10.5 Å². The first kappa shape index (κ1) is 16.5. The van der Waals surface area contributed by atoms with Crippen molar-refractivity contribution in [3.05, 3.63) is 53.7 Å². The van der Waals surface area contributed by atoms with E-state index in [1.54, 1.807) is 12.1 Å². The number of hydrogen-bond acceptors (Lipinski definition) is 4. The Morgan fingerprint density at radius 2 is 2.00 bits per heavy atom. The zero-order valence-electron chi connectivity index (χ0n) is 14.1. The van der Waals surface area contributed by atoms with Gasteiger partial charge in [0.25, 0.3) is 0 Å². The first-order chi connectivity index (χ1) is 11.5. The Kier molecular flexibility index (Phi) is 4.81. The van der Waals surface area contributed by atoms with E-state index in [1.165, 1.54) is 24.6 Å². The Morgan fingerprint density at radius 3 is 2.54 bits per heavy atom. The summed E-state index contributed by atoms with van der Waals surface area (Å²) < 4.78 is 5.70. The van der Waals surface area contributed by atoms with Crippen LogP contribution >= 0.6 is 0 Å². The second-order valence-electron chi connectivity index (χ2n) is 6.45.